The third-order valence-electron chi connectivity index (χ3n) is 6.09. The summed E-state index contributed by atoms with van der Waals surface area (Å²) in [5, 5.41) is 18.6. The number of hydrogen-bond donors (Lipinski definition) is 2. The van der Waals surface area contributed by atoms with Crippen molar-refractivity contribution in [3.05, 3.63) is 105 Å². The molecule has 2 heterocycles. The number of nitrogens with one attached hydrogen (secondary N) is 1. The number of allylic oxidation sites excluding steroid dienone is 1. The minimum absolute atomic E-state index is 0.229. The van der Waals surface area contributed by atoms with Crippen LogP contribution in [0, 0.1) is 0 Å². The van der Waals surface area contributed by atoms with Crippen molar-refractivity contribution < 1.29 is 14.3 Å². The molecule has 4 aromatic rings. The maximum absolute atomic E-state index is 13.5. The molecule has 0 spiro atoms. The molecule has 2 aromatic heterocycles. The quantitative estimate of drug-likeness (QED) is 0.329. The van der Waals surface area contributed by atoms with Crippen LogP contribution in [-0.4, -0.2) is 27.4 Å². The first kappa shape index (κ1) is 23.4. The number of benzene rings is 2. The zero-order chi connectivity index (χ0) is 24.4. The Kier molecular flexibility index (Phi) is 6.77. The molecule has 2 N–H and O–H groups in total. The molecule has 1 aliphatic rings. The van der Waals surface area contributed by atoms with Crippen molar-refractivity contribution in [3.63, 3.8) is 0 Å². The second-order valence-electron chi connectivity index (χ2n) is 8.38. The molecule has 6 nitrogen and oxygen atoms in total. The van der Waals surface area contributed by atoms with Crippen LogP contribution in [0.2, 0.25) is 10.0 Å². The van der Waals surface area contributed by atoms with Gasteiger partial charge in [-0.3, -0.25) is 4.79 Å². The van der Waals surface area contributed by atoms with Crippen molar-refractivity contribution in [2.24, 2.45) is 0 Å². The topological polar surface area (TPSA) is 80.3 Å². The SMILES string of the molecule is O=C(N[C@@H](CO)c1ccccc1)c1nn(-c2ccc(Cl)cc2Cl)c2c1CCC/C2=C\c1ccoc1. The number of carbonyl (C=O) groups is 1. The molecule has 2 aromatic carbocycles. The van der Waals surface area contributed by atoms with E-state index in [1.54, 1.807) is 35.4 Å². The minimum atomic E-state index is -0.548. The van der Waals surface area contributed by atoms with Gasteiger partial charge in [0.15, 0.2) is 5.69 Å². The Bertz CT molecular complexity index is 1380. The highest BCUT2D eigenvalue weighted by Gasteiger charge is 2.30. The summed E-state index contributed by atoms with van der Waals surface area (Å²) >= 11 is 12.7. The largest absolute Gasteiger partial charge is 0.472 e. The first-order valence-corrected chi connectivity index (χ1v) is 12.1. The van der Waals surface area contributed by atoms with Gasteiger partial charge in [0.2, 0.25) is 0 Å². The third-order valence-corrected chi connectivity index (χ3v) is 6.63. The summed E-state index contributed by atoms with van der Waals surface area (Å²) < 4.78 is 6.97. The fraction of sp³-hybridized carbons (Fsp3) is 0.185. The molecule has 0 saturated carbocycles. The van der Waals surface area contributed by atoms with Crippen LogP contribution in [0.15, 0.2) is 71.5 Å². The van der Waals surface area contributed by atoms with Gasteiger partial charge in [-0.25, -0.2) is 4.68 Å². The highest BCUT2D eigenvalue weighted by molar-refractivity contribution is 6.35. The van der Waals surface area contributed by atoms with Crippen LogP contribution in [0.1, 0.15) is 51.8 Å². The lowest BCUT2D eigenvalue weighted by atomic mass is 9.90. The van der Waals surface area contributed by atoms with Crippen molar-refractivity contribution in [1.82, 2.24) is 15.1 Å². The highest BCUT2D eigenvalue weighted by Crippen LogP contribution is 2.37. The Morgan fingerprint density at radius 3 is 2.71 bits per heavy atom. The number of rotatable bonds is 6. The van der Waals surface area contributed by atoms with Crippen molar-refractivity contribution in [2.75, 3.05) is 6.61 Å². The standard InChI is InChI=1S/C27H23Cl2N3O3/c28-20-9-10-24(22(29)14-20)32-26-19(13-17-11-12-35-16-17)7-4-8-21(26)25(31-32)27(34)30-23(15-33)18-5-2-1-3-6-18/h1-3,5-6,9-14,16,23,33H,4,7-8,15H2,(H,30,34)/b19-13+/t23-/m0/s1. The van der Waals surface area contributed by atoms with Gasteiger partial charge in [0.05, 0.1) is 41.6 Å². The molecule has 5 rings (SSSR count). The Morgan fingerprint density at radius 2 is 2.00 bits per heavy atom. The molecule has 35 heavy (non-hydrogen) atoms. The van der Waals surface area contributed by atoms with E-state index in [9.17, 15) is 9.90 Å². The van der Waals surface area contributed by atoms with Gasteiger partial charge in [0.25, 0.3) is 5.91 Å². The number of nitrogens with zero attached hydrogens (tertiary/aromatic N) is 2. The molecular weight excluding hydrogens is 485 g/mol. The van der Waals surface area contributed by atoms with E-state index in [4.69, 9.17) is 32.7 Å². The van der Waals surface area contributed by atoms with E-state index in [1.807, 2.05) is 42.5 Å². The Balaban J connectivity index is 1.61. The van der Waals surface area contributed by atoms with Gasteiger partial charge in [0.1, 0.15) is 0 Å². The van der Waals surface area contributed by atoms with Crippen molar-refractivity contribution >= 4 is 40.8 Å². The van der Waals surface area contributed by atoms with E-state index in [0.29, 0.717) is 27.8 Å². The van der Waals surface area contributed by atoms with Crippen molar-refractivity contribution in [1.29, 1.82) is 0 Å². The Hall–Kier alpha value is -3.32. The van der Waals surface area contributed by atoms with Crippen LogP contribution < -0.4 is 5.32 Å². The number of aliphatic hydroxyl groups excluding tert-OH is 1. The molecule has 178 valence electrons. The lowest BCUT2D eigenvalue weighted by Crippen LogP contribution is -2.31. The molecule has 8 heteroatoms. The van der Waals surface area contributed by atoms with E-state index in [2.05, 4.69) is 5.32 Å². The summed E-state index contributed by atoms with van der Waals surface area (Å²) in [7, 11) is 0. The molecule has 1 aliphatic carbocycles. The zero-order valence-electron chi connectivity index (χ0n) is 18.7. The minimum Gasteiger partial charge on any atom is -0.472 e. The molecule has 0 saturated heterocycles. The number of aliphatic hydroxyl groups is 1. The van der Waals surface area contributed by atoms with Gasteiger partial charge >= 0.3 is 0 Å². The summed E-state index contributed by atoms with van der Waals surface area (Å²) in [4.78, 5) is 13.5. The van der Waals surface area contributed by atoms with Gasteiger partial charge in [-0.05, 0) is 60.7 Å². The van der Waals surface area contributed by atoms with Crippen LogP contribution in [0.3, 0.4) is 0 Å². The van der Waals surface area contributed by atoms with Crippen molar-refractivity contribution in [2.45, 2.75) is 25.3 Å². The number of aromatic nitrogens is 2. The van der Waals surface area contributed by atoms with E-state index in [1.165, 1.54) is 0 Å². The Morgan fingerprint density at radius 1 is 1.17 bits per heavy atom. The number of carbonyl (C=O) groups excluding carboxylic acids is 1. The fourth-order valence-corrected chi connectivity index (χ4v) is 4.93. The molecule has 0 fully saturated rings. The molecular formula is C27H23Cl2N3O3. The lowest BCUT2D eigenvalue weighted by molar-refractivity contribution is 0.0909. The van der Waals surface area contributed by atoms with Crippen LogP contribution >= 0.6 is 23.2 Å². The summed E-state index contributed by atoms with van der Waals surface area (Å²) in [6, 6.07) is 15.9. The maximum atomic E-state index is 13.5. The van der Waals surface area contributed by atoms with Crippen LogP contribution in [0.5, 0.6) is 0 Å². The highest BCUT2D eigenvalue weighted by atomic mass is 35.5. The zero-order valence-corrected chi connectivity index (χ0v) is 20.3. The summed E-state index contributed by atoms with van der Waals surface area (Å²) in [6.45, 7) is -0.229. The van der Waals surface area contributed by atoms with E-state index in [-0.39, 0.29) is 12.5 Å². The average molecular weight is 508 g/mol. The monoisotopic (exact) mass is 507 g/mol. The third kappa shape index (κ3) is 4.78. The van der Waals surface area contributed by atoms with Gasteiger partial charge < -0.3 is 14.8 Å². The van der Waals surface area contributed by atoms with Gasteiger partial charge in [0, 0.05) is 16.1 Å². The Labute approximate surface area is 212 Å². The molecule has 1 atom stereocenters. The first-order valence-electron chi connectivity index (χ1n) is 11.3. The molecule has 0 bridgehead atoms. The van der Waals surface area contributed by atoms with E-state index in [0.717, 1.165) is 40.8 Å². The second kappa shape index (κ2) is 10.1. The smallest absolute Gasteiger partial charge is 0.272 e. The number of halogens is 2. The van der Waals surface area contributed by atoms with E-state index < -0.39 is 6.04 Å². The molecule has 0 radical (unpaired) electrons. The molecule has 1 amide bonds. The fourth-order valence-electron chi connectivity index (χ4n) is 4.45. The summed E-state index contributed by atoms with van der Waals surface area (Å²) in [6.07, 6.45) is 7.74. The van der Waals surface area contributed by atoms with Gasteiger partial charge in [-0.1, -0.05) is 53.5 Å². The van der Waals surface area contributed by atoms with Crippen LogP contribution in [-0.2, 0) is 6.42 Å². The van der Waals surface area contributed by atoms with Gasteiger partial charge in [-0.2, -0.15) is 5.10 Å². The molecule has 0 aliphatic heterocycles. The van der Waals surface area contributed by atoms with Gasteiger partial charge in [-0.15, -0.1) is 0 Å². The lowest BCUT2D eigenvalue weighted by Gasteiger charge is -2.19. The first-order chi connectivity index (χ1) is 17.0. The predicted molar refractivity (Wildman–Crippen MR) is 137 cm³/mol. The van der Waals surface area contributed by atoms with Crippen LogP contribution in [0.25, 0.3) is 17.3 Å². The number of furan rings is 1. The number of amides is 1. The molecule has 0 unspecified atom stereocenters. The van der Waals surface area contributed by atoms with Crippen LogP contribution in [0.4, 0.5) is 0 Å². The summed E-state index contributed by atoms with van der Waals surface area (Å²) in [5.74, 6) is -0.349. The number of hydrogen-bond acceptors (Lipinski definition) is 4. The average Bonchev–Trinajstić information content (AvgIpc) is 3.52. The summed E-state index contributed by atoms with van der Waals surface area (Å²) in [5.41, 5.74) is 5.42. The normalized spacial score (nSPS) is 15.1. The van der Waals surface area contributed by atoms with Crippen molar-refractivity contribution in [3.8, 4) is 5.69 Å². The van der Waals surface area contributed by atoms with E-state index >= 15 is 0 Å². The maximum Gasteiger partial charge on any atom is 0.272 e. The number of fused-ring (bicyclic) bond motifs is 1. The second-order valence-corrected chi connectivity index (χ2v) is 9.23. The predicted octanol–water partition coefficient (Wildman–Crippen LogP) is 6.11.